The summed E-state index contributed by atoms with van der Waals surface area (Å²) < 4.78 is 0. The molecule has 0 aliphatic heterocycles. The molecule has 2 rings (SSSR count). The number of nitrogens with one attached hydrogen (secondary N) is 1. The maximum Gasteiger partial charge on any atom is 0.259 e. The van der Waals surface area contributed by atoms with Gasteiger partial charge in [0.1, 0.15) is 5.75 Å². The molecule has 0 spiro atoms. The summed E-state index contributed by atoms with van der Waals surface area (Å²) in [6.07, 6.45) is 0. The molecule has 92 valence electrons. The molecule has 0 unspecified atom stereocenters. The molecule has 0 heterocycles. The first-order valence-electron chi connectivity index (χ1n) is 5.31. The van der Waals surface area contributed by atoms with Gasteiger partial charge in [0.2, 0.25) is 0 Å². The van der Waals surface area contributed by atoms with E-state index in [2.05, 4.69) is 5.32 Å². The Labute approximate surface area is 104 Å². The number of phenolic OH excluding ortho intramolecular Hbond substituents is 1. The summed E-state index contributed by atoms with van der Waals surface area (Å²) >= 11 is 0. The Hall–Kier alpha value is -2.69. The molecule has 6 N–H and O–H groups in total. The highest BCUT2D eigenvalue weighted by Crippen LogP contribution is 2.21. The van der Waals surface area contributed by atoms with Gasteiger partial charge in [0.25, 0.3) is 5.91 Å². The van der Waals surface area contributed by atoms with Crippen LogP contribution in [0.3, 0.4) is 0 Å². The largest absolute Gasteiger partial charge is 0.507 e. The number of hydrogen-bond acceptors (Lipinski definition) is 4. The van der Waals surface area contributed by atoms with Crippen LogP contribution in [0.1, 0.15) is 10.4 Å². The fraction of sp³-hybridized carbons (Fsp3) is 0. The Morgan fingerprint density at radius 3 is 2.50 bits per heavy atom. The van der Waals surface area contributed by atoms with Gasteiger partial charge < -0.3 is 21.9 Å². The van der Waals surface area contributed by atoms with Crippen molar-refractivity contribution < 1.29 is 9.90 Å². The van der Waals surface area contributed by atoms with Crippen molar-refractivity contribution in [3.63, 3.8) is 0 Å². The van der Waals surface area contributed by atoms with Crippen molar-refractivity contribution in [1.82, 2.24) is 0 Å². The van der Waals surface area contributed by atoms with Crippen LogP contribution in [0.5, 0.6) is 5.75 Å². The van der Waals surface area contributed by atoms with Crippen molar-refractivity contribution in [3.8, 4) is 5.75 Å². The van der Waals surface area contributed by atoms with Crippen LogP contribution < -0.4 is 16.8 Å². The highest BCUT2D eigenvalue weighted by molar-refractivity contribution is 6.06. The smallest absolute Gasteiger partial charge is 0.259 e. The van der Waals surface area contributed by atoms with Crippen molar-refractivity contribution in [2.45, 2.75) is 0 Å². The summed E-state index contributed by atoms with van der Waals surface area (Å²) in [6.45, 7) is 0. The van der Waals surface area contributed by atoms with E-state index in [4.69, 9.17) is 11.5 Å². The van der Waals surface area contributed by atoms with Gasteiger partial charge in [-0.3, -0.25) is 4.79 Å². The number of carbonyl (C=O) groups excluding carboxylic acids is 1. The second kappa shape index (κ2) is 4.67. The van der Waals surface area contributed by atoms with E-state index in [-0.39, 0.29) is 11.3 Å². The zero-order valence-corrected chi connectivity index (χ0v) is 9.55. The Morgan fingerprint density at radius 1 is 1.06 bits per heavy atom. The Bertz CT molecular complexity index is 597. The topological polar surface area (TPSA) is 101 Å². The quantitative estimate of drug-likeness (QED) is 0.477. The molecule has 5 nitrogen and oxygen atoms in total. The normalized spacial score (nSPS) is 10.0. The maximum atomic E-state index is 11.9. The predicted octanol–water partition coefficient (Wildman–Crippen LogP) is 1.81. The van der Waals surface area contributed by atoms with Crippen LogP contribution in [0, 0.1) is 0 Å². The van der Waals surface area contributed by atoms with Gasteiger partial charge in [-0.2, -0.15) is 0 Å². The lowest BCUT2D eigenvalue weighted by molar-refractivity contribution is 0.102. The second-order valence-electron chi connectivity index (χ2n) is 3.86. The third-order valence-electron chi connectivity index (χ3n) is 2.41. The number of nitrogens with two attached hydrogens (primary N) is 2. The number of hydrogen-bond donors (Lipinski definition) is 4. The highest BCUT2D eigenvalue weighted by atomic mass is 16.3. The van der Waals surface area contributed by atoms with Crippen LogP contribution in [-0.2, 0) is 0 Å². The van der Waals surface area contributed by atoms with Crippen LogP contribution in [0.15, 0.2) is 42.5 Å². The molecule has 18 heavy (non-hydrogen) atoms. The van der Waals surface area contributed by atoms with Crippen molar-refractivity contribution >= 4 is 23.0 Å². The maximum absolute atomic E-state index is 11.9. The van der Waals surface area contributed by atoms with Crippen LogP contribution in [0.4, 0.5) is 17.1 Å². The van der Waals surface area contributed by atoms with Gasteiger partial charge >= 0.3 is 0 Å². The number of aromatic hydroxyl groups is 1. The van der Waals surface area contributed by atoms with Crippen molar-refractivity contribution in [2.75, 3.05) is 16.8 Å². The molecule has 0 radical (unpaired) electrons. The fourth-order valence-corrected chi connectivity index (χ4v) is 1.55. The number of benzene rings is 2. The van der Waals surface area contributed by atoms with E-state index in [1.165, 1.54) is 18.2 Å². The van der Waals surface area contributed by atoms with Gasteiger partial charge in [0.05, 0.1) is 5.56 Å². The van der Waals surface area contributed by atoms with Gasteiger partial charge in [-0.1, -0.05) is 6.07 Å². The van der Waals surface area contributed by atoms with Crippen LogP contribution in [0.2, 0.25) is 0 Å². The monoisotopic (exact) mass is 243 g/mol. The standard InChI is InChI=1S/C13H13N3O2/c14-8-2-1-3-10(6-8)16-13(18)11-7-9(15)4-5-12(11)17/h1-7,17H,14-15H2,(H,16,18). The molecule has 1 amide bonds. The molecule has 0 fully saturated rings. The number of nitrogen functional groups attached to an aromatic ring is 2. The molecule has 0 atom stereocenters. The molecule has 0 saturated heterocycles. The Balaban J connectivity index is 2.24. The van der Waals surface area contributed by atoms with Gasteiger partial charge in [-0.05, 0) is 36.4 Å². The lowest BCUT2D eigenvalue weighted by atomic mass is 10.1. The van der Waals surface area contributed by atoms with Crippen molar-refractivity contribution in [1.29, 1.82) is 0 Å². The number of amides is 1. The molecule has 5 heteroatoms. The summed E-state index contributed by atoms with van der Waals surface area (Å²) in [5.74, 6) is -0.559. The molecule has 0 aliphatic rings. The van der Waals surface area contributed by atoms with E-state index in [1.54, 1.807) is 24.3 Å². The molecular formula is C13H13N3O2. The van der Waals surface area contributed by atoms with E-state index in [9.17, 15) is 9.90 Å². The van der Waals surface area contributed by atoms with E-state index in [0.717, 1.165) is 0 Å². The average Bonchev–Trinajstić information content (AvgIpc) is 2.32. The summed E-state index contributed by atoms with van der Waals surface area (Å²) in [6, 6.07) is 11.1. The third-order valence-corrected chi connectivity index (χ3v) is 2.41. The first kappa shape index (κ1) is 11.8. The number of phenols is 1. The van der Waals surface area contributed by atoms with Gasteiger partial charge in [-0.15, -0.1) is 0 Å². The summed E-state index contributed by atoms with van der Waals surface area (Å²) in [5, 5.41) is 12.2. The van der Waals surface area contributed by atoms with E-state index < -0.39 is 5.91 Å². The van der Waals surface area contributed by atoms with Crippen molar-refractivity contribution in [3.05, 3.63) is 48.0 Å². The lowest BCUT2D eigenvalue weighted by Crippen LogP contribution is -2.12. The summed E-state index contributed by atoms with van der Waals surface area (Å²) in [4.78, 5) is 11.9. The zero-order valence-electron chi connectivity index (χ0n) is 9.55. The van der Waals surface area contributed by atoms with E-state index in [1.807, 2.05) is 0 Å². The van der Waals surface area contributed by atoms with Crippen LogP contribution in [0.25, 0.3) is 0 Å². The number of rotatable bonds is 2. The molecular weight excluding hydrogens is 230 g/mol. The first-order chi connectivity index (χ1) is 8.56. The SMILES string of the molecule is Nc1cccc(NC(=O)c2cc(N)ccc2O)c1. The second-order valence-corrected chi connectivity index (χ2v) is 3.86. The van der Waals surface area contributed by atoms with Crippen molar-refractivity contribution in [2.24, 2.45) is 0 Å². The minimum Gasteiger partial charge on any atom is -0.507 e. The number of anilines is 3. The minimum atomic E-state index is -0.439. The zero-order chi connectivity index (χ0) is 13.1. The van der Waals surface area contributed by atoms with Crippen LogP contribution in [-0.4, -0.2) is 11.0 Å². The fourth-order valence-electron chi connectivity index (χ4n) is 1.55. The van der Waals surface area contributed by atoms with Gasteiger partial charge in [0, 0.05) is 17.1 Å². The molecule has 0 saturated carbocycles. The average molecular weight is 243 g/mol. The van der Waals surface area contributed by atoms with Gasteiger partial charge in [0.15, 0.2) is 0 Å². The van der Waals surface area contributed by atoms with Crippen LogP contribution >= 0.6 is 0 Å². The molecule has 0 bridgehead atoms. The molecule has 2 aromatic carbocycles. The van der Waals surface area contributed by atoms with Gasteiger partial charge in [-0.25, -0.2) is 0 Å². The van der Waals surface area contributed by atoms with E-state index in [0.29, 0.717) is 17.1 Å². The Morgan fingerprint density at radius 2 is 1.78 bits per heavy atom. The first-order valence-corrected chi connectivity index (χ1v) is 5.31. The van der Waals surface area contributed by atoms with E-state index >= 15 is 0 Å². The lowest BCUT2D eigenvalue weighted by Gasteiger charge is -2.08. The predicted molar refractivity (Wildman–Crippen MR) is 71.3 cm³/mol. The summed E-state index contributed by atoms with van der Waals surface area (Å²) in [7, 11) is 0. The molecule has 2 aromatic rings. The third kappa shape index (κ3) is 2.52. The summed E-state index contributed by atoms with van der Waals surface area (Å²) in [5.41, 5.74) is 12.8. The minimum absolute atomic E-state index is 0.120. The molecule has 0 aromatic heterocycles. The Kier molecular flexibility index (Phi) is 3.05. The highest BCUT2D eigenvalue weighted by Gasteiger charge is 2.11. The number of carbonyl (C=O) groups is 1. The molecule has 0 aliphatic carbocycles.